The van der Waals surface area contributed by atoms with Crippen molar-refractivity contribution in [1.82, 2.24) is 14.9 Å². The number of aromatic nitrogens is 2. The predicted molar refractivity (Wildman–Crippen MR) is 113 cm³/mol. The summed E-state index contributed by atoms with van der Waals surface area (Å²) in [6, 6.07) is 1.48. The van der Waals surface area contributed by atoms with Gasteiger partial charge in [0.25, 0.3) is 17.6 Å². The number of aliphatic hydroxyl groups is 1. The average molecular weight is 430 g/mol. The molecule has 0 saturated carbocycles. The molecule has 0 fully saturated rings. The molecule has 3 N–H and O–H groups in total. The van der Waals surface area contributed by atoms with E-state index >= 15 is 0 Å². The van der Waals surface area contributed by atoms with E-state index in [0.717, 1.165) is 12.8 Å². The summed E-state index contributed by atoms with van der Waals surface area (Å²) >= 11 is 0. The quantitative estimate of drug-likeness (QED) is 0.370. The van der Waals surface area contributed by atoms with E-state index in [1.807, 2.05) is 0 Å². The molecule has 166 valence electrons. The number of halogens is 1. The van der Waals surface area contributed by atoms with Gasteiger partial charge in [0.2, 0.25) is 5.95 Å². The van der Waals surface area contributed by atoms with Crippen molar-refractivity contribution < 1.29 is 23.9 Å². The van der Waals surface area contributed by atoms with Crippen LogP contribution in [0.2, 0.25) is 0 Å². The van der Waals surface area contributed by atoms with Crippen LogP contribution in [0, 0.1) is 19.8 Å². The number of hydrogen-bond donors (Lipinski definition) is 3. The summed E-state index contributed by atoms with van der Waals surface area (Å²) in [5.41, 5.74) is 1.33. The molecule has 0 radical (unpaired) electrons. The van der Waals surface area contributed by atoms with Crippen LogP contribution in [0.15, 0.2) is 12.3 Å². The van der Waals surface area contributed by atoms with Crippen molar-refractivity contribution in [3.8, 4) is 0 Å². The zero-order chi connectivity index (χ0) is 22.9. The molecule has 8 nitrogen and oxygen atoms in total. The van der Waals surface area contributed by atoms with Gasteiger partial charge in [-0.1, -0.05) is 0 Å². The Bertz CT molecular complexity index is 1060. The second-order valence-corrected chi connectivity index (χ2v) is 8.52. The van der Waals surface area contributed by atoms with Gasteiger partial charge in [0.1, 0.15) is 0 Å². The molecule has 0 unspecified atom stereocenters. The SMILES string of the molecule is Cc1cc(NC(=O)c2c(C)c(C(=O)C(=O)NC(C)(C)CO)n3c2CCCC3)cnc1F. The molecule has 0 bridgehead atoms. The van der Waals surface area contributed by atoms with E-state index in [-0.39, 0.29) is 12.3 Å². The van der Waals surface area contributed by atoms with Crippen molar-refractivity contribution >= 4 is 23.3 Å². The predicted octanol–water partition coefficient (Wildman–Crippen LogP) is 2.30. The Hall–Kier alpha value is -3.07. The third-order valence-corrected chi connectivity index (χ3v) is 5.43. The van der Waals surface area contributed by atoms with Crippen molar-refractivity contribution in [2.45, 2.75) is 59.0 Å². The molecule has 0 aliphatic carbocycles. The van der Waals surface area contributed by atoms with E-state index in [1.54, 1.807) is 32.3 Å². The Morgan fingerprint density at radius 3 is 2.61 bits per heavy atom. The second-order valence-electron chi connectivity index (χ2n) is 8.52. The van der Waals surface area contributed by atoms with Gasteiger partial charge in [-0.2, -0.15) is 4.39 Å². The van der Waals surface area contributed by atoms with E-state index in [1.165, 1.54) is 12.3 Å². The van der Waals surface area contributed by atoms with Crippen LogP contribution in [0.5, 0.6) is 0 Å². The van der Waals surface area contributed by atoms with Gasteiger partial charge < -0.3 is 20.3 Å². The molecule has 3 rings (SSSR count). The van der Waals surface area contributed by atoms with Crippen LogP contribution in [0.3, 0.4) is 0 Å². The fourth-order valence-corrected chi connectivity index (χ4v) is 3.80. The fourth-order valence-electron chi connectivity index (χ4n) is 3.80. The highest BCUT2D eigenvalue weighted by Gasteiger charge is 2.33. The summed E-state index contributed by atoms with van der Waals surface area (Å²) in [5.74, 6) is -2.63. The van der Waals surface area contributed by atoms with Crippen LogP contribution in [0.4, 0.5) is 10.1 Å². The molecule has 0 aromatic carbocycles. The number of hydrogen-bond acceptors (Lipinski definition) is 5. The monoisotopic (exact) mass is 430 g/mol. The molecule has 2 aromatic heterocycles. The lowest BCUT2D eigenvalue weighted by Gasteiger charge is -2.23. The molecule has 31 heavy (non-hydrogen) atoms. The van der Waals surface area contributed by atoms with Crippen LogP contribution >= 0.6 is 0 Å². The minimum absolute atomic E-state index is 0.180. The summed E-state index contributed by atoms with van der Waals surface area (Å²) in [6.07, 6.45) is 3.52. The molecule has 1 aliphatic heterocycles. The third-order valence-electron chi connectivity index (χ3n) is 5.43. The van der Waals surface area contributed by atoms with Gasteiger partial charge in [0.15, 0.2) is 0 Å². The molecule has 0 spiro atoms. The van der Waals surface area contributed by atoms with Gasteiger partial charge in [-0.05, 0) is 58.6 Å². The topological polar surface area (TPSA) is 113 Å². The number of aliphatic hydroxyl groups excluding tert-OH is 1. The minimum Gasteiger partial charge on any atom is -0.394 e. The zero-order valence-corrected chi connectivity index (χ0v) is 18.1. The number of carbonyl (C=O) groups is 3. The first-order valence-corrected chi connectivity index (χ1v) is 10.2. The van der Waals surface area contributed by atoms with Gasteiger partial charge in [-0.25, -0.2) is 4.98 Å². The average Bonchev–Trinajstić information content (AvgIpc) is 3.01. The third kappa shape index (κ3) is 4.51. The summed E-state index contributed by atoms with van der Waals surface area (Å²) in [4.78, 5) is 42.3. The Labute approximate surface area is 179 Å². The molecule has 2 aromatic rings. The highest BCUT2D eigenvalue weighted by molar-refractivity contribution is 6.43. The standard InChI is InChI=1S/C22H27FN4O4/c1-12-9-14(10-24-19(12)23)25-20(30)16-13(2)17(27-8-6-5-7-15(16)27)18(29)21(31)26-22(3,4)11-28/h9-10,28H,5-8,11H2,1-4H3,(H,25,30)(H,26,31). The van der Waals surface area contributed by atoms with Gasteiger partial charge in [0, 0.05) is 17.8 Å². The number of Topliss-reactive ketones (excluding diaryl/α,β-unsaturated/α-hetero) is 1. The molecule has 3 heterocycles. The number of nitrogens with zero attached hydrogens (tertiary/aromatic N) is 2. The van der Waals surface area contributed by atoms with Crippen LogP contribution < -0.4 is 10.6 Å². The van der Waals surface area contributed by atoms with E-state index in [9.17, 15) is 23.9 Å². The summed E-state index contributed by atoms with van der Waals surface area (Å²) in [7, 11) is 0. The number of carbonyl (C=O) groups excluding carboxylic acids is 3. The van der Waals surface area contributed by atoms with Crippen molar-refractivity contribution in [3.63, 3.8) is 0 Å². The summed E-state index contributed by atoms with van der Waals surface area (Å²) in [5, 5.41) is 14.6. The molecular formula is C22H27FN4O4. The molecule has 9 heteroatoms. The molecule has 1 aliphatic rings. The molecule has 2 amide bonds. The van der Waals surface area contributed by atoms with Crippen LogP contribution in [0.25, 0.3) is 0 Å². The number of aryl methyl sites for hydroxylation is 1. The number of pyridine rings is 1. The molecular weight excluding hydrogens is 403 g/mol. The lowest BCUT2D eigenvalue weighted by molar-refractivity contribution is -0.119. The van der Waals surface area contributed by atoms with Crippen molar-refractivity contribution in [3.05, 3.63) is 46.3 Å². The molecule has 0 atom stereocenters. The molecule has 0 saturated heterocycles. The van der Waals surface area contributed by atoms with E-state index in [4.69, 9.17) is 0 Å². The number of nitrogens with one attached hydrogen (secondary N) is 2. The maximum atomic E-state index is 13.4. The van der Waals surface area contributed by atoms with E-state index < -0.39 is 29.1 Å². The Morgan fingerprint density at radius 2 is 1.97 bits per heavy atom. The lowest BCUT2D eigenvalue weighted by atomic mass is 10.0. The first-order valence-electron chi connectivity index (χ1n) is 10.2. The smallest absolute Gasteiger partial charge is 0.294 e. The van der Waals surface area contributed by atoms with Crippen molar-refractivity contribution in [1.29, 1.82) is 0 Å². The highest BCUT2D eigenvalue weighted by Crippen LogP contribution is 2.29. The fraction of sp³-hybridized carbons (Fsp3) is 0.455. The number of anilines is 1. The Kier molecular flexibility index (Phi) is 6.26. The van der Waals surface area contributed by atoms with Crippen LogP contribution in [0.1, 0.15) is 64.4 Å². The van der Waals surface area contributed by atoms with Gasteiger partial charge in [0.05, 0.1) is 35.3 Å². The van der Waals surface area contributed by atoms with Crippen molar-refractivity contribution in [2.24, 2.45) is 0 Å². The minimum atomic E-state index is -0.953. The number of ketones is 1. The first kappa shape index (κ1) is 22.6. The van der Waals surface area contributed by atoms with E-state index in [2.05, 4.69) is 15.6 Å². The lowest BCUT2D eigenvalue weighted by Crippen LogP contribution is -2.49. The zero-order valence-electron chi connectivity index (χ0n) is 18.1. The summed E-state index contributed by atoms with van der Waals surface area (Å²) < 4.78 is 15.2. The highest BCUT2D eigenvalue weighted by atomic mass is 19.1. The number of rotatable bonds is 6. The van der Waals surface area contributed by atoms with Crippen molar-refractivity contribution in [2.75, 3.05) is 11.9 Å². The summed E-state index contributed by atoms with van der Waals surface area (Å²) in [6.45, 7) is 6.61. The maximum Gasteiger partial charge on any atom is 0.294 e. The largest absolute Gasteiger partial charge is 0.394 e. The number of fused-ring (bicyclic) bond motifs is 1. The first-order chi connectivity index (χ1) is 14.6. The Morgan fingerprint density at radius 1 is 1.26 bits per heavy atom. The number of amides is 2. The maximum absolute atomic E-state index is 13.4. The van der Waals surface area contributed by atoms with Crippen LogP contribution in [-0.4, -0.2) is 44.4 Å². The normalized spacial score (nSPS) is 13.5. The van der Waals surface area contributed by atoms with E-state index in [0.29, 0.717) is 41.0 Å². The van der Waals surface area contributed by atoms with Gasteiger partial charge in [-0.15, -0.1) is 0 Å². The van der Waals surface area contributed by atoms with Gasteiger partial charge in [-0.3, -0.25) is 14.4 Å². The van der Waals surface area contributed by atoms with Crippen LogP contribution in [-0.2, 0) is 17.8 Å². The Balaban J connectivity index is 1.98. The second kappa shape index (κ2) is 8.58. The van der Waals surface area contributed by atoms with Gasteiger partial charge >= 0.3 is 0 Å².